The van der Waals surface area contributed by atoms with Gasteiger partial charge >= 0.3 is 5.69 Å². The van der Waals surface area contributed by atoms with Crippen molar-refractivity contribution in [3.8, 4) is 0 Å². The van der Waals surface area contributed by atoms with Crippen molar-refractivity contribution in [2.75, 3.05) is 43.4 Å². The fraction of sp³-hybridized carbons (Fsp3) is 0.318. The van der Waals surface area contributed by atoms with E-state index in [1.807, 2.05) is 25.4 Å². The Balaban J connectivity index is 1.29. The number of hydrogen-bond acceptors (Lipinski definition) is 6. The quantitative estimate of drug-likeness (QED) is 0.480. The summed E-state index contributed by atoms with van der Waals surface area (Å²) in [5.74, 6) is 0.848. The third-order valence-corrected chi connectivity index (χ3v) is 6.54. The molecule has 0 radical (unpaired) electrons. The topological polar surface area (TPSA) is 73.6 Å². The van der Waals surface area contributed by atoms with Gasteiger partial charge in [0.1, 0.15) is 4.64 Å². The Labute approximate surface area is 184 Å². The molecule has 0 amide bonds. The van der Waals surface area contributed by atoms with Crippen molar-refractivity contribution in [2.45, 2.75) is 6.54 Å². The lowest BCUT2D eigenvalue weighted by atomic mass is 10.1. The van der Waals surface area contributed by atoms with Gasteiger partial charge in [0, 0.05) is 58.4 Å². The van der Waals surface area contributed by atoms with E-state index in [4.69, 9.17) is 12.2 Å². The molecule has 4 heterocycles. The second-order valence-electron chi connectivity index (χ2n) is 7.95. The van der Waals surface area contributed by atoms with Gasteiger partial charge in [-0.15, -0.1) is 0 Å². The second-order valence-corrected chi connectivity index (χ2v) is 8.34. The number of nitrogens with zero attached hydrogens (tertiary/aromatic N) is 5. The minimum atomic E-state index is -0.181. The van der Waals surface area contributed by atoms with Crippen LogP contribution in [0.4, 0.5) is 11.6 Å². The van der Waals surface area contributed by atoms with Crippen LogP contribution >= 0.6 is 12.2 Å². The zero-order chi connectivity index (χ0) is 21.5. The summed E-state index contributed by atoms with van der Waals surface area (Å²) in [6, 6.07) is 10.4. The highest BCUT2D eigenvalue weighted by molar-refractivity contribution is 7.71. The molecular formula is C22H25N7OS. The number of aromatic amines is 1. The van der Waals surface area contributed by atoms with Crippen LogP contribution in [0.25, 0.3) is 16.4 Å². The number of imidazole rings is 1. The standard InChI is InChI=1S/C22H25N7OS/c1-23-21-24-12-16-4-5-17(14-29(16)21)28-9-7-27(8-10-28)13-15-3-6-18-19(11-15)25-22(30)26(2)20(18)31/h3-6,11-12,14H,7-10,13H2,1-2H3,(H,23,24)(H,25,30). The average Bonchev–Trinajstić information content (AvgIpc) is 3.20. The zero-order valence-corrected chi connectivity index (χ0v) is 18.4. The lowest BCUT2D eigenvalue weighted by Gasteiger charge is -2.36. The van der Waals surface area contributed by atoms with Gasteiger partial charge in [-0.1, -0.05) is 18.3 Å². The molecule has 1 aromatic carbocycles. The summed E-state index contributed by atoms with van der Waals surface area (Å²) in [6.07, 6.45) is 4.02. The number of hydrogen-bond donors (Lipinski definition) is 2. The summed E-state index contributed by atoms with van der Waals surface area (Å²) in [7, 11) is 3.58. The number of piperazine rings is 1. The molecule has 160 valence electrons. The van der Waals surface area contributed by atoms with Gasteiger partial charge in [-0.25, -0.2) is 9.78 Å². The SMILES string of the molecule is CNc1ncc2ccc(N3CCN(Cc4ccc5c(=S)n(C)c(=O)[nH]c5c4)CC3)cn12. The van der Waals surface area contributed by atoms with Gasteiger partial charge in [0.2, 0.25) is 5.95 Å². The number of pyridine rings is 1. The second kappa shape index (κ2) is 7.82. The van der Waals surface area contributed by atoms with Crippen LogP contribution < -0.4 is 15.9 Å². The lowest BCUT2D eigenvalue weighted by molar-refractivity contribution is 0.250. The van der Waals surface area contributed by atoms with Gasteiger partial charge in [0.05, 0.1) is 22.9 Å². The molecule has 1 aliphatic rings. The van der Waals surface area contributed by atoms with Crippen LogP contribution in [-0.4, -0.2) is 57.1 Å². The number of fused-ring (bicyclic) bond motifs is 2. The fourth-order valence-electron chi connectivity index (χ4n) is 4.23. The van der Waals surface area contributed by atoms with Crippen molar-refractivity contribution in [3.63, 3.8) is 0 Å². The number of anilines is 2. The van der Waals surface area contributed by atoms with Gasteiger partial charge in [0.25, 0.3) is 0 Å². The van der Waals surface area contributed by atoms with E-state index in [0.29, 0.717) is 4.64 Å². The van der Waals surface area contributed by atoms with Crippen LogP contribution in [0.15, 0.2) is 47.5 Å². The molecule has 2 N–H and O–H groups in total. The van der Waals surface area contributed by atoms with Crippen molar-refractivity contribution < 1.29 is 0 Å². The fourth-order valence-corrected chi connectivity index (χ4v) is 4.49. The predicted octanol–water partition coefficient (Wildman–Crippen LogP) is 2.61. The van der Waals surface area contributed by atoms with Crippen LogP contribution in [0.2, 0.25) is 0 Å². The summed E-state index contributed by atoms with van der Waals surface area (Å²) in [5.41, 5.74) is 4.09. The number of nitrogens with one attached hydrogen (secondary N) is 2. The van der Waals surface area contributed by atoms with Crippen LogP contribution in [0.5, 0.6) is 0 Å². The van der Waals surface area contributed by atoms with Crippen molar-refractivity contribution in [1.29, 1.82) is 0 Å². The Morgan fingerprint density at radius 2 is 1.97 bits per heavy atom. The summed E-state index contributed by atoms with van der Waals surface area (Å²) in [6.45, 7) is 4.73. The van der Waals surface area contributed by atoms with E-state index in [1.165, 1.54) is 15.8 Å². The summed E-state index contributed by atoms with van der Waals surface area (Å²) >= 11 is 5.40. The molecule has 0 saturated carbocycles. The van der Waals surface area contributed by atoms with Crippen molar-refractivity contribution in [3.05, 3.63) is 63.4 Å². The molecule has 1 aliphatic heterocycles. The van der Waals surface area contributed by atoms with Crippen molar-refractivity contribution in [2.24, 2.45) is 7.05 Å². The predicted molar refractivity (Wildman–Crippen MR) is 127 cm³/mol. The Kier molecular flexibility index (Phi) is 4.99. The first kappa shape index (κ1) is 19.8. The first-order chi connectivity index (χ1) is 15.0. The van der Waals surface area contributed by atoms with Gasteiger partial charge in [-0.3, -0.25) is 13.9 Å². The molecule has 1 fully saturated rings. The molecule has 9 heteroatoms. The Bertz CT molecular complexity index is 1380. The Morgan fingerprint density at radius 1 is 1.16 bits per heavy atom. The number of aromatic nitrogens is 4. The van der Waals surface area contributed by atoms with E-state index in [2.05, 4.69) is 53.9 Å². The third kappa shape index (κ3) is 3.60. The number of benzene rings is 1. The molecule has 0 atom stereocenters. The Hall–Kier alpha value is -3.17. The molecule has 0 spiro atoms. The molecule has 0 bridgehead atoms. The van der Waals surface area contributed by atoms with Crippen LogP contribution in [0.3, 0.4) is 0 Å². The minimum absolute atomic E-state index is 0.181. The normalized spacial score (nSPS) is 15.1. The molecule has 3 aromatic heterocycles. The largest absolute Gasteiger partial charge is 0.368 e. The van der Waals surface area contributed by atoms with E-state index < -0.39 is 0 Å². The Morgan fingerprint density at radius 3 is 2.74 bits per heavy atom. The van der Waals surface area contributed by atoms with E-state index in [9.17, 15) is 4.79 Å². The number of rotatable bonds is 4. The molecule has 4 aromatic rings. The van der Waals surface area contributed by atoms with Gasteiger partial charge < -0.3 is 15.2 Å². The highest BCUT2D eigenvalue weighted by Crippen LogP contribution is 2.22. The van der Waals surface area contributed by atoms with Crippen LogP contribution in [0, 0.1) is 4.64 Å². The monoisotopic (exact) mass is 435 g/mol. The maximum Gasteiger partial charge on any atom is 0.326 e. The smallest absolute Gasteiger partial charge is 0.326 e. The van der Waals surface area contributed by atoms with E-state index >= 15 is 0 Å². The molecular weight excluding hydrogens is 410 g/mol. The summed E-state index contributed by atoms with van der Waals surface area (Å²) < 4.78 is 4.12. The summed E-state index contributed by atoms with van der Waals surface area (Å²) in [4.78, 5) is 24.2. The van der Waals surface area contributed by atoms with Gasteiger partial charge in [-0.05, 0) is 29.8 Å². The first-order valence-corrected chi connectivity index (χ1v) is 10.8. The molecule has 8 nitrogen and oxygen atoms in total. The number of H-pyrrole nitrogens is 1. The molecule has 5 rings (SSSR count). The highest BCUT2D eigenvalue weighted by Gasteiger charge is 2.18. The van der Waals surface area contributed by atoms with Crippen LogP contribution in [0.1, 0.15) is 5.56 Å². The lowest BCUT2D eigenvalue weighted by Crippen LogP contribution is -2.46. The van der Waals surface area contributed by atoms with E-state index in [-0.39, 0.29) is 5.69 Å². The zero-order valence-electron chi connectivity index (χ0n) is 17.6. The van der Waals surface area contributed by atoms with Crippen molar-refractivity contribution in [1.82, 2.24) is 23.8 Å². The van der Waals surface area contributed by atoms with Crippen molar-refractivity contribution >= 4 is 40.3 Å². The third-order valence-electron chi connectivity index (χ3n) is 6.04. The average molecular weight is 436 g/mol. The maximum absolute atomic E-state index is 12.0. The summed E-state index contributed by atoms with van der Waals surface area (Å²) in [5, 5.41) is 4.04. The molecule has 1 saturated heterocycles. The molecule has 0 unspecified atom stereocenters. The van der Waals surface area contributed by atoms with Crippen LogP contribution in [-0.2, 0) is 13.6 Å². The van der Waals surface area contributed by atoms with Gasteiger partial charge in [-0.2, -0.15) is 0 Å². The van der Waals surface area contributed by atoms with Gasteiger partial charge in [0.15, 0.2) is 0 Å². The maximum atomic E-state index is 12.0. The molecule has 0 aliphatic carbocycles. The highest BCUT2D eigenvalue weighted by atomic mass is 32.1. The van der Waals surface area contributed by atoms with E-state index in [1.54, 1.807) is 7.05 Å². The first-order valence-electron chi connectivity index (χ1n) is 10.4. The minimum Gasteiger partial charge on any atom is -0.368 e. The van der Waals surface area contributed by atoms with E-state index in [0.717, 1.165) is 55.1 Å². The molecule has 31 heavy (non-hydrogen) atoms.